The van der Waals surface area contributed by atoms with Gasteiger partial charge in [0.15, 0.2) is 5.82 Å². The van der Waals surface area contributed by atoms with Crippen LogP contribution >= 0.6 is 0 Å². The predicted octanol–water partition coefficient (Wildman–Crippen LogP) is -2.01. The van der Waals surface area contributed by atoms with Crippen molar-refractivity contribution in [3.8, 4) is 0 Å². The molecule has 0 aliphatic carbocycles. The lowest BCUT2D eigenvalue weighted by Gasteiger charge is -2.14. The van der Waals surface area contributed by atoms with E-state index in [2.05, 4.69) is 20.6 Å². The highest BCUT2D eigenvalue weighted by molar-refractivity contribution is 5.85. The molecule has 19 heavy (non-hydrogen) atoms. The molecular formula is C9H11N5O5. The first kappa shape index (κ1) is 12.9. The molecular weight excluding hydrogens is 258 g/mol. The largest absolute Gasteiger partial charge is 0.481 e. The zero-order chi connectivity index (χ0) is 14.0. The van der Waals surface area contributed by atoms with Crippen molar-refractivity contribution in [1.82, 2.24) is 25.5 Å². The second kappa shape index (κ2) is 5.00. The molecule has 0 radical (unpaired) electrons. The third-order valence-corrected chi connectivity index (χ3v) is 3.01. The molecule has 0 saturated carbocycles. The lowest BCUT2D eigenvalue weighted by molar-refractivity contribution is -0.151. The van der Waals surface area contributed by atoms with E-state index in [1.54, 1.807) is 0 Å². The second-order valence-corrected chi connectivity index (χ2v) is 4.19. The number of aromatic amines is 1. The number of hydrogen-bond donors (Lipinski definition) is 3. The van der Waals surface area contributed by atoms with Crippen molar-refractivity contribution in [2.45, 2.75) is 6.42 Å². The van der Waals surface area contributed by atoms with Crippen molar-refractivity contribution in [1.29, 1.82) is 0 Å². The molecule has 1 aliphatic heterocycles. The quantitative estimate of drug-likeness (QED) is 0.567. The van der Waals surface area contributed by atoms with E-state index < -0.39 is 29.7 Å². The van der Waals surface area contributed by atoms with Gasteiger partial charge in [-0.15, -0.1) is 10.2 Å². The molecule has 1 aromatic heterocycles. The predicted molar refractivity (Wildman–Crippen MR) is 56.7 cm³/mol. The van der Waals surface area contributed by atoms with E-state index in [0.717, 1.165) is 0 Å². The van der Waals surface area contributed by atoms with Gasteiger partial charge in [-0.05, 0) is 0 Å². The molecule has 2 rings (SSSR count). The molecule has 0 bridgehead atoms. The molecule has 10 nitrogen and oxygen atoms in total. The Labute approximate surface area is 106 Å². The normalized spacial score (nSPS) is 22.4. The number of carbonyl (C=O) groups excluding carboxylic acids is 1. The fraction of sp³-hybridized carbons (Fsp3) is 0.556. The summed E-state index contributed by atoms with van der Waals surface area (Å²) in [7, 11) is 0. The van der Waals surface area contributed by atoms with E-state index in [9.17, 15) is 14.4 Å². The van der Waals surface area contributed by atoms with Crippen LogP contribution in [-0.2, 0) is 20.8 Å². The van der Waals surface area contributed by atoms with Crippen molar-refractivity contribution in [3.63, 3.8) is 0 Å². The maximum Gasteiger partial charge on any atom is 0.309 e. The molecule has 102 valence electrons. The first-order valence-corrected chi connectivity index (χ1v) is 5.44. The van der Waals surface area contributed by atoms with Crippen molar-refractivity contribution in [3.05, 3.63) is 5.82 Å². The number of carboxylic acid groups (broad SMARTS) is 2. The number of hydrogen-bond acceptors (Lipinski definition) is 6. The van der Waals surface area contributed by atoms with Gasteiger partial charge in [0, 0.05) is 13.1 Å². The minimum absolute atomic E-state index is 0.122. The van der Waals surface area contributed by atoms with Crippen LogP contribution in [0.4, 0.5) is 0 Å². The smallest absolute Gasteiger partial charge is 0.309 e. The summed E-state index contributed by atoms with van der Waals surface area (Å²) in [6.07, 6.45) is -0.144. The Morgan fingerprint density at radius 3 is 2.21 bits per heavy atom. The maximum atomic E-state index is 11.9. The van der Waals surface area contributed by atoms with E-state index >= 15 is 0 Å². The fourth-order valence-electron chi connectivity index (χ4n) is 2.01. The molecule has 0 unspecified atom stereocenters. The molecule has 3 N–H and O–H groups in total. The van der Waals surface area contributed by atoms with E-state index in [4.69, 9.17) is 10.2 Å². The topological polar surface area (TPSA) is 149 Å². The highest BCUT2D eigenvalue weighted by atomic mass is 16.4. The molecule has 0 spiro atoms. The molecule has 1 fully saturated rings. The number of carboxylic acids is 2. The van der Waals surface area contributed by atoms with Crippen LogP contribution < -0.4 is 0 Å². The number of carbonyl (C=O) groups is 3. The van der Waals surface area contributed by atoms with Gasteiger partial charge in [0.2, 0.25) is 5.91 Å². The summed E-state index contributed by atoms with van der Waals surface area (Å²) in [5.74, 6) is -4.87. The number of nitrogens with one attached hydrogen (secondary N) is 1. The lowest BCUT2D eigenvalue weighted by Crippen LogP contribution is -2.31. The van der Waals surface area contributed by atoms with Crippen LogP contribution in [0.2, 0.25) is 0 Å². The number of nitrogens with zero attached hydrogens (tertiary/aromatic N) is 4. The van der Waals surface area contributed by atoms with Crippen LogP contribution in [0.3, 0.4) is 0 Å². The Bertz CT molecular complexity index is 479. The monoisotopic (exact) mass is 269 g/mol. The number of likely N-dealkylation sites (tertiary alicyclic amines) is 1. The van der Waals surface area contributed by atoms with Crippen molar-refractivity contribution < 1.29 is 24.6 Å². The van der Waals surface area contributed by atoms with Gasteiger partial charge in [0.25, 0.3) is 0 Å². The van der Waals surface area contributed by atoms with Crippen LogP contribution in [0.1, 0.15) is 5.82 Å². The van der Waals surface area contributed by atoms with Gasteiger partial charge in [-0.25, -0.2) is 0 Å². The summed E-state index contributed by atoms with van der Waals surface area (Å²) < 4.78 is 0. The Morgan fingerprint density at radius 2 is 1.79 bits per heavy atom. The number of aliphatic carboxylic acids is 2. The third-order valence-electron chi connectivity index (χ3n) is 3.01. The Hall–Kier alpha value is -2.52. The molecule has 1 aromatic rings. The Morgan fingerprint density at radius 1 is 1.21 bits per heavy atom. The number of amides is 1. The van der Waals surface area contributed by atoms with Gasteiger partial charge in [-0.2, -0.15) is 5.21 Å². The third kappa shape index (κ3) is 2.67. The first-order valence-electron chi connectivity index (χ1n) is 5.44. The number of aromatic nitrogens is 4. The number of tetrazole rings is 1. The molecule has 10 heteroatoms. The van der Waals surface area contributed by atoms with Crippen molar-refractivity contribution in [2.24, 2.45) is 11.8 Å². The summed E-state index contributed by atoms with van der Waals surface area (Å²) in [5.41, 5.74) is 0. The highest BCUT2D eigenvalue weighted by Gasteiger charge is 2.43. The SMILES string of the molecule is O=C(O)[C@H]1CN(C(=O)Cc2nn[nH]n2)C[C@@H]1C(=O)O. The van der Waals surface area contributed by atoms with Gasteiger partial charge < -0.3 is 15.1 Å². The van der Waals surface area contributed by atoms with Gasteiger partial charge in [0.05, 0.1) is 18.3 Å². The zero-order valence-corrected chi connectivity index (χ0v) is 9.68. The van der Waals surface area contributed by atoms with E-state index in [1.807, 2.05) is 0 Å². The summed E-state index contributed by atoms with van der Waals surface area (Å²) in [4.78, 5) is 35.0. The van der Waals surface area contributed by atoms with Crippen LogP contribution in [0.5, 0.6) is 0 Å². The maximum absolute atomic E-state index is 11.9. The summed E-state index contributed by atoms with van der Waals surface area (Å²) in [5, 5.41) is 30.6. The lowest BCUT2D eigenvalue weighted by atomic mass is 9.97. The van der Waals surface area contributed by atoms with E-state index in [1.165, 1.54) is 4.90 Å². The standard InChI is InChI=1S/C9H11N5O5/c15-7(1-6-10-12-13-11-6)14-2-4(8(16)17)5(3-14)9(18)19/h4-5H,1-3H2,(H,16,17)(H,18,19)(H,10,11,12,13)/t4-,5-/m0/s1. The summed E-state index contributed by atoms with van der Waals surface area (Å²) in [6, 6.07) is 0. The van der Waals surface area contributed by atoms with Gasteiger partial charge >= 0.3 is 11.9 Å². The Balaban J connectivity index is 2.04. The molecule has 1 amide bonds. The highest BCUT2D eigenvalue weighted by Crippen LogP contribution is 2.24. The summed E-state index contributed by atoms with van der Waals surface area (Å²) >= 11 is 0. The minimum atomic E-state index is -1.22. The number of H-pyrrole nitrogens is 1. The van der Waals surface area contributed by atoms with Crippen molar-refractivity contribution in [2.75, 3.05) is 13.1 Å². The molecule has 2 heterocycles. The van der Waals surface area contributed by atoms with Crippen molar-refractivity contribution >= 4 is 17.8 Å². The average Bonchev–Trinajstić information content (AvgIpc) is 2.96. The van der Waals surface area contributed by atoms with Gasteiger partial charge in [-0.1, -0.05) is 5.21 Å². The van der Waals surface area contributed by atoms with E-state index in [-0.39, 0.29) is 25.3 Å². The van der Waals surface area contributed by atoms with Crippen LogP contribution in [0, 0.1) is 11.8 Å². The fourth-order valence-corrected chi connectivity index (χ4v) is 2.01. The Kier molecular flexibility index (Phi) is 3.40. The average molecular weight is 269 g/mol. The van der Waals surface area contributed by atoms with Gasteiger partial charge in [-0.3, -0.25) is 14.4 Å². The van der Waals surface area contributed by atoms with Crippen LogP contribution in [-0.4, -0.2) is 66.7 Å². The molecule has 0 aromatic carbocycles. The molecule has 2 atom stereocenters. The first-order chi connectivity index (χ1) is 8.99. The van der Waals surface area contributed by atoms with Crippen LogP contribution in [0.25, 0.3) is 0 Å². The zero-order valence-electron chi connectivity index (χ0n) is 9.68. The van der Waals surface area contributed by atoms with E-state index in [0.29, 0.717) is 0 Å². The molecule has 1 saturated heterocycles. The number of rotatable bonds is 4. The summed E-state index contributed by atoms with van der Waals surface area (Å²) in [6.45, 7) is -0.244. The van der Waals surface area contributed by atoms with Crippen LogP contribution in [0.15, 0.2) is 0 Å². The molecule has 1 aliphatic rings. The van der Waals surface area contributed by atoms with Gasteiger partial charge in [0.1, 0.15) is 0 Å². The second-order valence-electron chi connectivity index (χ2n) is 4.19. The minimum Gasteiger partial charge on any atom is -0.481 e.